The monoisotopic (exact) mass is 342 g/mol. The van der Waals surface area contributed by atoms with Crippen LogP contribution in [0.25, 0.3) is 0 Å². The van der Waals surface area contributed by atoms with Crippen LogP contribution in [-0.4, -0.2) is 33.5 Å². The quantitative estimate of drug-likeness (QED) is 0.636. The summed E-state index contributed by atoms with van der Waals surface area (Å²) in [5.41, 5.74) is 2.90. The van der Waals surface area contributed by atoms with Crippen LogP contribution in [0.2, 0.25) is 0 Å². The van der Waals surface area contributed by atoms with Gasteiger partial charge in [-0.15, -0.1) is 0 Å². The highest BCUT2D eigenvalue weighted by Crippen LogP contribution is 2.05. The Balaban J connectivity index is 1.67. The molecule has 0 aliphatic carbocycles. The number of aryl methyl sites for hydroxylation is 2. The summed E-state index contributed by atoms with van der Waals surface area (Å²) < 4.78 is 0. The Labute approximate surface area is 146 Å². The summed E-state index contributed by atoms with van der Waals surface area (Å²) in [6.07, 6.45) is 1.06. The van der Waals surface area contributed by atoms with Gasteiger partial charge in [0.1, 0.15) is 0 Å². The molecule has 0 unspecified atom stereocenters. The second-order valence-corrected chi connectivity index (χ2v) is 5.78. The number of anilines is 1. The number of nitrogens with zero attached hydrogens (tertiary/aromatic N) is 2. The van der Waals surface area contributed by atoms with E-state index in [4.69, 9.17) is 5.11 Å². The van der Waals surface area contributed by atoms with Crippen molar-refractivity contribution < 1.29 is 14.7 Å². The molecule has 7 heteroatoms. The second-order valence-electron chi connectivity index (χ2n) is 5.78. The number of carbonyl (C=O) groups excluding carboxylic acids is 1. The van der Waals surface area contributed by atoms with E-state index in [9.17, 15) is 9.59 Å². The number of rotatable bonds is 8. The number of hydrogen-bond acceptors (Lipinski definition) is 5. The number of carboxylic acid groups (broad SMARTS) is 1. The van der Waals surface area contributed by atoms with Gasteiger partial charge in [0.25, 0.3) is 0 Å². The molecule has 25 heavy (non-hydrogen) atoms. The Kier molecular flexibility index (Phi) is 6.45. The minimum atomic E-state index is -0.962. The fourth-order valence-electron chi connectivity index (χ4n) is 2.31. The number of aromatic carboxylic acids is 1. The highest BCUT2D eigenvalue weighted by atomic mass is 16.4. The van der Waals surface area contributed by atoms with Crippen molar-refractivity contribution in [1.82, 2.24) is 15.3 Å². The van der Waals surface area contributed by atoms with E-state index >= 15 is 0 Å². The third-order valence-corrected chi connectivity index (χ3v) is 3.54. The van der Waals surface area contributed by atoms with E-state index in [0.29, 0.717) is 31.9 Å². The third-order valence-electron chi connectivity index (χ3n) is 3.54. The highest BCUT2D eigenvalue weighted by molar-refractivity contribution is 5.87. The van der Waals surface area contributed by atoms with Crippen molar-refractivity contribution >= 4 is 17.8 Å². The van der Waals surface area contributed by atoms with Gasteiger partial charge in [-0.05, 0) is 44.0 Å². The zero-order chi connectivity index (χ0) is 18.2. The zero-order valence-electron chi connectivity index (χ0n) is 14.4. The van der Waals surface area contributed by atoms with Crippen LogP contribution in [0, 0.1) is 13.8 Å². The van der Waals surface area contributed by atoms with E-state index in [1.165, 1.54) is 12.1 Å². The lowest BCUT2D eigenvalue weighted by Crippen LogP contribution is -2.23. The molecule has 0 aliphatic heterocycles. The number of hydrogen-bond donors (Lipinski definition) is 3. The number of amides is 1. The van der Waals surface area contributed by atoms with Crippen molar-refractivity contribution in [2.75, 3.05) is 11.9 Å². The molecule has 1 aromatic carbocycles. The van der Waals surface area contributed by atoms with Crippen LogP contribution in [0.15, 0.2) is 30.3 Å². The molecular formula is C18H22N4O3. The minimum Gasteiger partial charge on any atom is -0.478 e. The molecule has 0 saturated carbocycles. The lowest BCUT2D eigenvalue weighted by atomic mass is 10.1. The Morgan fingerprint density at radius 3 is 2.32 bits per heavy atom. The molecule has 1 amide bonds. The van der Waals surface area contributed by atoms with E-state index in [0.717, 1.165) is 17.0 Å². The number of carbonyl (C=O) groups is 2. The van der Waals surface area contributed by atoms with Crippen LogP contribution in [-0.2, 0) is 11.3 Å². The normalized spacial score (nSPS) is 10.3. The van der Waals surface area contributed by atoms with E-state index in [1.807, 2.05) is 19.9 Å². The molecule has 0 aliphatic rings. The smallest absolute Gasteiger partial charge is 0.335 e. The predicted molar refractivity (Wildman–Crippen MR) is 94.5 cm³/mol. The average molecular weight is 342 g/mol. The summed E-state index contributed by atoms with van der Waals surface area (Å²) in [7, 11) is 0. The minimum absolute atomic E-state index is 0.0505. The molecule has 0 atom stereocenters. The number of benzene rings is 1. The van der Waals surface area contributed by atoms with E-state index < -0.39 is 5.97 Å². The van der Waals surface area contributed by atoms with Gasteiger partial charge in [-0.3, -0.25) is 4.79 Å². The van der Waals surface area contributed by atoms with Crippen molar-refractivity contribution in [2.24, 2.45) is 0 Å². The third kappa shape index (κ3) is 6.21. The first-order valence-electron chi connectivity index (χ1n) is 8.09. The van der Waals surface area contributed by atoms with Gasteiger partial charge in [0.05, 0.1) is 5.56 Å². The average Bonchev–Trinajstić information content (AvgIpc) is 2.56. The van der Waals surface area contributed by atoms with E-state index in [1.54, 1.807) is 12.1 Å². The van der Waals surface area contributed by atoms with Gasteiger partial charge in [-0.2, -0.15) is 0 Å². The Morgan fingerprint density at radius 2 is 1.72 bits per heavy atom. The molecule has 0 spiro atoms. The summed E-state index contributed by atoms with van der Waals surface area (Å²) in [6.45, 7) is 4.82. The summed E-state index contributed by atoms with van der Waals surface area (Å²) in [6, 6.07) is 8.35. The maximum Gasteiger partial charge on any atom is 0.335 e. The highest BCUT2D eigenvalue weighted by Gasteiger charge is 2.04. The SMILES string of the molecule is Cc1cc(C)nc(NCCCC(=O)NCc2ccc(C(=O)O)cc2)n1. The fourth-order valence-corrected chi connectivity index (χ4v) is 2.31. The molecule has 3 N–H and O–H groups in total. The number of aromatic nitrogens is 2. The molecule has 0 fully saturated rings. The Bertz CT molecular complexity index is 724. The maximum absolute atomic E-state index is 11.8. The molecule has 7 nitrogen and oxygen atoms in total. The Hall–Kier alpha value is -2.96. The van der Waals surface area contributed by atoms with Crippen molar-refractivity contribution in [2.45, 2.75) is 33.2 Å². The lowest BCUT2D eigenvalue weighted by molar-refractivity contribution is -0.121. The maximum atomic E-state index is 11.8. The first-order valence-corrected chi connectivity index (χ1v) is 8.09. The lowest BCUT2D eigenvalue weighted by Gasteiger charge is -2.08. The molecule has 0 saturated heterocycles. The van der Waals surface area contributed by atoms with Crippen LogP contribution in [0.4, 0.5) is 5.95 Å². The first kappa shape index (κ1) is 18.4. The summed E-state index contributed by atoms with van der Waals surface area (Å²) in [5, 5.41) is 14.8. The molecule has 0 radical (unpaired) electrons. The van der Waals surface area contributed by atoms with Gasteiger partial charge >= 0.3 is 5.97 Å². The van der Waals surface area contributed by atoms with Crippen molar-refractivity contribution in [3.05, 3.63) is 52.8 Å². The first-order chi connectivity index (χ1) is 11.9. The standard InChI is InChI=1S/C18H22N4O3/c1-12-10-13(2)22-18(21-12)19-9-3-4-16(23)20-11-14-5-7-15(8-6-14)17(24)25/h5-8,10H,3-4,9,11H2,1-2H3,(H,20,23)(H,24,25)(H,19,21,22). The number of nitrogens with one attached hydrogen (secondary N) is 2. The largest absolute Gasteiger partial charge is 0.478 e. The number of carboxylic acids is 1. The van der Waals surface area contributed by atoms with Crippen LogP contribution < -0.4 is 10.6 Å². The van der Waals surface area contributed by atoms with Gasteiger partial charge in [0.2, 0.25) is 11.9 Å². The van der Waals surface area contributed by atoms with Gasteiger partial charge in [-0.1, -0.05) is 12.1 Å². The molecule has 2 aromatic rings. The molecule has 132 valence electrons. The van der Waals surface area contributed by atoms with Gasteiger partial charge in [-0.25, -0.2) is 14.8 Å². The fraction of sp³-hybridized carbons (Fsp3) is 0.333. The Morgan fingerprint density at radius 1 is 1.08 bits per heavy atom. The molecular weight excluding hydrogens is 320 g/mol. The molecule has 0 bridgehead atoms. The van der Waals surface area contributed by atoms with Gasteiger partial charge < -0.3 is 15.7 Å². The predicted octanol–water partition coefficient (Wildman–Crippen LogP) is 2.30. The van der Waals surface area contributed by atoms with Crippen LogP contribution in [0.5, 0.6) is 0 Å². The van der Waals surface area contributed by atoms with Crippen LogP contribution in [0.3, 0.4) is 0 Å². The van der Waals surface area contributed by atoms with Crippen molar-refractivity contribution in [1.29, 1.82) is 0 Å². The second kappa shape index (κ2) is 8.77. The molecule has 2 rings (SSSR count). The topological polar surface area (TPSA) is 104 Å². The molecule has 1 aromatic heterocycles. The van der Waals surface area contributed by atoms with Crippen LogP contribution >= 0.6 is 0 Å². The van der Waals surface area contributed by atoms with Gasteiger partial charge in [0.15, 0.2) is 0 Å². The van der Waals surface area contributed by atoms with Gasteiger partial charge in [0, 0.05) is 30.9 Å². The van der Waals surface area contributed by atoms with Crippen LogP contribution in [0.1, 0.15) is 40.2 Å². The van der Waals surface area contributed by atoms with Crippen molar-refractivity contribution in [3.8, 4) is 0 Å². The summed E-state index contributed by atoms with van der Waals surface area (Å²) in [5.74, 6) is -0.433. The van der Waals surface area contributed by atoms with E-state index in [-0.39, 0.29) is 11.5 Å². The zero-order valence-corrected chi connectivity index (χ0v) is 14.4. The summed E-state index contributed by atoms with van der Waals surface area (Å²) >= 11 is 0. The van der Waals surface area contributed by atoms with Crippen molar-refractivity contribution in [3.63, 3.8) is 0 Å². The molecule has 1 heterocycles. The van der Waals surface area contributed by atoms with E-state index in [2.05, 4.69) is 20.6 Å². The summed E-state index contributed by atoms with van der Waals surface area (Å²) in [4.78, 5) is 31.2.